The van der Waals surface area contributed by atoms with Gasteiger partial charge in [0.2, 0.25) is 5.91 Å². The number of thioether (sulfide) groups is 1. The van der Waals surface area contributed by atoms with Gasteiger partial charge in [0, 0.05) is 39.8 Å². The third-order valence-electron chi connectivity index (χ3n) is 4.63. The molecule has 2 aromatic carbocycles. The topological polar surface area (TPSA) is 60.3 Å². The predicted molar refractivity (Wildman–Crippen MR) is 112 cm³/mol. The molecule has 142 valence electrons. The molecule has 3 rings (SSSR count). The molecular formula is C21H24N2O3S. The van der Waals surface area contributed by atoms with E-state index in [1.807, 2.05) is 31.2 Å². The first-order valence-electron chi connectivity index (χ1n) is 9.05. The average molecular weight is 385 g/mol. The van der Waals surface area contributed by atoms with Crippen molar-refractivity contribution in [3.63, 3.8) is 0 Å². The first kappa shape index (κ1) is 19.3. The van der Waals surface area contributed by atoms with Gasteiger partial charge in [-0.2, -0.15) is 0 Å². The molecule has 0 spiro atoms. The van der Waals surface area contributed by atoms with Crippen LogP contribution in [0.15, 0.2) is 42.5 Å². The van der Waals surface area contributed by atoms with E-state index < -0.39 is 0 Å². The zero-order chi connectivity index (χ0) is 19.4. The van der Waals surface area contributed by atoms with Crippen LogP contribution in [0.4, 0.5) is 5.69 Å². The largest absolute Gasteiger partial charge is 0.469 e. The third-order valence-corrected chi connectivity index (χ3v) is 5.78. The Bertz CT molecular complexity index is 980. The van der Waals surface area contributed by atoms with E-state index in [-0.39, 0.29) is 17.1 Å². The number of hydrogen-bond acceptors (Lipinski definition) is 4. The van der Waals surface area contributed by atoms with Crippen molar-refractivity contribution < 1.29 is 14.3 Å². The number of aryl methyl sites for hydroxylation is 1. The van der Waals surface area contributed by atoms with Crippen LogP contribution in [0.3, 0.4) is 0 Å². The molecule has 0 aliphatic rings. The van der Waals surface area contributed by atoms with Crippen LogP contribution >= 0.6 is 11.8 Å². The fourth-order valence-corrected chi connectivity index (χ4v) is 4.06. The van der Waals surface area contributed by atoms with Crippen molar-refractivity contribution in [2.45, 2.75) is 32.1 Å². The van der Waals surface area contributed by atoms with Crippen molar-refractivity contribution in [2.24, 2.45) is 0 Å². The number of hydrogen-bond donors (Lipinski definition) is 1. The first-order chi connectivity index (χ1) is 13.0. The minimum absolute atomic E-state index is 0.0663. The van der Waals surface area contributed by atoms with Gasteiger partial charge >= 0.3 is 5.97 Å². The Morgan fingerprint density at radius 2 is 1.89 bits per heavy atom. The van der Waals surface area contributed by atoms with Gasteiger partial charge in [0.15, 0.2) is 0 Å². The number of ether oxygens (including phenoxy) is 1. The van der Waals surface area contributed by atoms with Crippen LogP contribution in [0.2, 0.25) is 0 Å². The summed E-state index contributed by atoms with van der Waals surface area (Å²) in [6.07, 6.45) is 0.307. The summed E-state index contributed by atoms with van der Waals surface area (Å²) in [5.41, 5.74) is 3.15. The lowest BCUT2D eigenvalue weighted by molar-refractivity contribution is -0.140. The van der Waals surface area contributed by atoms with Crippen LogP contribution in [0.25, 0.3) is 21.8 Å². The summed E-state index contributed by atoms with van der Waals surface area (Å²) in [5, 5.41) is 5.07. The first-order valence-corrected chi connectivity index (χ1v) is 10.1. The Morgan fingerprint density at radius 1 is 1.15 bits per heavy atom. The minimum atomic E-state index is -0.257. The Hall–Kier alpha value is -2.47. The molecule has 0 aliphatic heterocycles. The third kappa shape index (κ3) is 4.11. The van der Waals surface area contributed by atoms with Crippen LogP contribution < -0.4 is 5.32 Å². The van der Waals surface area contributed by atoms with E-state index in [4.69, 9.17) is 0 Å². The molecule has 0 radical (unpaired) electrons. The fourth-order valence-electron chi connectivity index (χ4n) is 3.21. The highest BCUT2D eigenvalue weighted by atomic mass is 32.2. The van der Waals surface area contributed by atoms with Gasteiger partial charge in [-0.1, -0.05) is 18.2 Å². The highest BCUT2D eigenvalue weighted by Crippen LogP contribution is 2.31. The monoisotopic (exact) mass is 384 g/mol. The SMILES string of the molecule is CCn1c2ccccc2c2cc(NC(=O)[C@H](C)SCCC(=O)OC)ccc21. The summed E-state index contributed by atoms with van der Waals surface area (Å²) in [6, 6.07) is 14.3. The van der Waals surface area contributed by atoms with E-state index in [0.29, 0.717) is 12.2 Å². The fraction of sp³-hybridized carbons (Fsp3) is 0.333. The van der Waals surface area contributed by atoms with Crippen LogP contribution in [-0.4, -0.2) is 34.6 Å². The summed E-state index contributed by atoms with van der Waals surface area (Å²) >= 11 is 1.44. The second kappa shape index (κ2) is 8.48. The van der Waals surface area contributed by atoms with E-state index in [9.17, 15) is 9.59 Å². The van der Waals surface area contributed by atoms with E-state index >= 15 is 0 Å². The molecule has 0 aliphatic carbocycles. The molecule has 1 heterocycles. The number of rotatable bonds is 7. The Morgan fingerprint density at radius 3 is 2.63 bits per heavy atom. The Labute approximate surface area is 163 Å². The summed E-state index contributed by atoms with van der Waals surface area (Å²) in [6.45, 7) is 4.87. The average Bonchev–Trinajstić information content (AvgIpc) is 3.00. The van der Waals surface area contributed by atoms with Crippen molar-refractivity contribution in [2.75, 3.05) is 18.2 Å². The molecule has 3 aromatic rings. The van der Waals surface area contributed by atoms with Crippen LogP contribution in [0.5, 0.6) is 0 Å². The van der Waals surface area contributed by atoms with Gasteiger partial charge in [-0.05, 0) is 38.1 Å². The summed E-state index contributed by atoms with van der Waals surface area (Å²) in [4.78, 5) is 23.6. The number of anilines is 1. The van der Waals surface area contributed by atoms with E-state index in [1.165, 1.54) is 29.8 Å². The van der Waals surface area contributed by atoms with Gasteiger partial charge in [-0.3, -0.25) is 9.59 Å². The number of fused-ring (bicyclic) bond motifs is 3. The molecule has 0 unspecified atom stereocenters. The van der Waals surface area contributed by atoms with Crippen LogP contribution in [0.1, 0.15) is 20.3 Å². The molecule has 1 amide bonds. The van der Waals surface area contributed by atoms with E-state index in [0.717, 1.165) is 23.1 Å². The quantitative estimate of drug-likeness (QED) is 0.612. The maximum atomic E-state index is 12.5. The number of methoxy groups -OCH3 is 1. The van der Waals surface area contributed by atoms with Crippen molar-refractivity contribution in [3.8, 4) is 0 Å². The van der Waals surface area contributed by atoms with Crippen molar-refractivity contribution in [1.82, 2.24) is 4.57 Å². The predicted octanol–water partition coefficient (Wildman–Crippen LogP) is 4.44. The van der Waals surface area contributed by atoms with Crippen LogP contribution in [0, 0.1) is 0 Å². The lowest BCUT2D eigenvalue weighted by Crippen LogP contribution is -2.23. The molecule has 0 bridgehead atoms. The maximum absolute atomic E-state index is 12.5. The van der Waals surface area contributed by atoms with Gasteiger partial charge in [0.25, 0.3) is 0 Å². The molecule has 0 saturated carbocycles. The molecule has 27 heavy (non-hydrogen) atoms. The molecule has 5 nitrogen and oxygen atoms in total. The molecule has 1 N–H and O–H groups in total. The van der Waals surface area contributed by atoms with Crippen molar-refractivity contribution in [1.29, 1.82) is 0 Å². The zero-order valence-electron chi connectivity index (χ0n) is 15.8. The molecular weight excluding hydrogens is 360 g/mol. The number of carbonyl (C=O) groups is 2. The number of aromatic nitrogens is 1. The highest BCUT2D eigenvalue weighted by molar-refractivity contribution is 8.00. The summed E-state index contributed by atoms with van der Waals surface area (Å²) in [7, 11) is 1.37. The number of para-hydroxylation sites is 1. The van der Waals surface area contributed by atoms with Crippen molar-refractivity contribution in [3.05, 3.63) is 42.5 Å². The van der Waals surface area contributed by atoms with Crippen molar-refractivity contribution >= 4 is 51.1 Å². The normalized spacial score (nSPS) is 12.3. The summed E-state index contributed by atoms with van der Waals surface area (Å²) < 4.78 is 6.90. The van der Waals surface area contributed by atoms with Gasteiger partial charge in [-0.25, -0.2) is 0 Å². The van der Waals surface area contributed by atoms with Gasteiger partial charge in [0.1, 0.15) is 0 Å². The van der Waals surface area contributed by atoms with Gasteiger partial charge in [0.05, 0.1) is 18.8 Å². The maximum Gasteiger partial charge on any atom is 0.306 e. The number of nitrogens with zero attached hydrogens (tertiary/aromatic N) is 1. The smallest absolute Gasteiger partial charge is 0.306 e. The van der Waals surface area contributed by atoms with Gasteiger partial charge < -0.3 is 14.6 Å². The number of esters is 1. The standard InChI is InChI=1S/C21H24N2O3S/c1-4-23-18-8-6-5-7-16(18)17-13-15(9-10-19(17)23)22-21(25)14(2)27-12-11-20(24)26-3/h5-10,13-14H,4,11-12H2,1-3H3,(H,22,25)/t14-/m0/s1. The van der Waals surface area contributed by atoms with Gasteiger partial charge in [-0.15, -0.1) is 11.8 Å². The minimum Gasteiger partial charge on any atom is -0.469 e. The second-order valence-corrected chi connectivity index (χ2v) is 7.77. The van der Waals surface area contributed by atoms with Crippen LogP contribution in [-0.2, 0) is 20.9 Å². The number of amides is 1. The number of benzene rings is 2. The lowest BCUT2D eigenvalue weighted by Gasteiger charge is -2.12. The second-order valence-electron chi connectivity index (χ2n) is 6.32. The van der Waals surface area contributed by atoms with E-state index in [1.54, 1.807) is 0 Å². The molecule has 6 heteroatoms. The Kier molecular flexibility index (Phi) is 6.06. The molecule has 1 atom stereocenters. The highest BCUT2D eigenvalue weighted by Gasteiger charge is 2.16. The Balaban J connectivity index is 1.76. The molecule has 0 fully saturated rings. The zero-order valence-corrected chi connectivity index (χ0v) is 16.6. The molecule has 1 aromatic heterocycles. The number of nitrogens with one attached hydrogen (secondary N) is 1. The number of carbonyl (C=O) groups excluding carboxylic acids is 2. The molecule has 0 saturated heterocycles. The summed E-state index contributed by atoms with van der Waals surface area (Å²) in [5.74, 6) is 0.237. The lowest BCUT2D eigenvalue weighted by atomic mass is 10.1. The van der Waals surface area contributed by atoms with E-state index in [2.05, 4.69) is 39.7 Å².